The van der Waals surface area contributed by atoms with E-state index in [0.29, 0.717) is 6.04 Å². The minimum atomic E-state index is 0.536. The second-order valence-electron chi connectivity index (χ2n) is 3.65. The standard InChI is InChI=1S/C12H18BrNO/c1-4-9(2)14-8-10-7-11(13)5-6-12(10)15-3/h5-7,9,14H,4,8H2,1-3H3. The molecule has 0 fully saturated rings. The van der Waals surface area contributed by atoms with Crippen LogP contribution in [0.5, 0.6) is 5.75 Å². The largest absolute Gasteiger partial charge is 0.496 e. The maximum atomic E-state index is 5.31. The highest BCUT2D eigenvalue weighted by Gasteiger charge is 2.04. The zero-order valence-corrected chi connectivity index (χ0v) is 11.1. The second-order valence-corrected chi connectivity index (χ2v) is 4.56. The zero-order chi connectivity index (χ0) is 11.3. The van der Waals surface area contributed by atoms with E-state index in [1.54, 1.807) is 7.11 Å². The van der Waals surface area contributed by atoms with Gasteiger partial charge in [-0.1, -0.05) is 22.9 Å². The number of nitrogens with one attached hydrogen (secondary N) is 1. The quantitative estimate of drug-likeness (QED) is 0.887. The van der Waals surface area contributed by atoms with E-state index in [1.165, 1.54) is 5.56 Å². The summed E-state index contributed by atoms with van der Waals surface area (Å²) in [6.45, 7) is 5.21. The van der Waals surface area contributed by atoms with Gasteiger partial charge in [0.05, 0.1) is 7.11 Å². The lowest BCUT2D eigenvalue weighted by Crippen LogP contribution is -2.24. The van der Waals surface area contributed by atoms with Crippen LogP contribution in [-0.4, -0.2) is 13.2 Å². The van der Waals surface area contributed by atoms with Gasteiger partial charge in [0.15, 0.2) is 0 Å². The minimum absolute atomic E-state index is 0.536. The smallest absolute Gasteiger partial charge is 0.123 e. The minimum Gasteiger partial charge on any atom is -0.496 e. The average Bonchev–Trinajstić information content (AvgIpc) is 2.26. The number of halogens is 1. The highest BCUT2D eigenvalue weighted by atomic mass is 79.9. The van der Waals surface area contributed by atoms with Crippen LogP contribution in [0.15, 0.2) is 22.7 Å². The van der Waals surface area contributed by atoms with Gasteiger partial charge in [0.25, 0.3) is 0 Å². The lowest BCUT2D eigenvalue weighted by Gasteiger charge is -2.13. The van der Waals surface area contributed by atoms with Crippen molar-refractivity contribution in [3.05, 3.63) is 28.2 Å². The first-order valence-electron chi connectivity index (χ1n) is 5.23. The molecule has 0 heterocycles. The van der Waals surface area contributed by atoms with E-state index >= 15 is 0 Å². The molecule has 1 unspecified atom stereocenters. The Hall–Kier alpha value is -0.540. The van der Waals surface area contributed by atoms with Crippen LogP contribution in [-0.2, 0) is 6.54 Å². The lowest BCUT2D eigenvalue weighted by molar-refractivity contribution is 0.405. The monoisotopic (exact) mass is 271 g/mol. The van der Waals surface area contributed by atoms with Crippen molar-refractivity contribution in [2.24, 2.45) is 0 Å². The molecular weight excluding hydrogens is 254 g/mol. The summed E-state index contributed by atoms with van der Waals surface area (Å²) >= 11 is 3.47. The number of hydrogen-bond acceptors (Lipinski definition) is 2. The van der Waals surface area contributed by atoms with Crippen molar-refractivity contribution in [2.75, 3.05) is 7.11 Å². The molecule has 1 aromatic carbocycles. The number of ether oxygens (including phenoxy) is 1. The van der Waals surface area contributed by atoms with Crippen molar-refractivity contribution in [3.63, 3.8) is 0 Å². The molecule has 0 aliphatic rings. The van der Waals surface area contributed by atoms with Gasteiger partial charge in [-0.05, 0) is 31.5 Å². The molecule has 0 bridgehead atoms. The van der Waals surface area contributed by atoms with Crippen molar-refractivity contribution in [1.29, 1.82) is 0 Å². The predicted molar refractivity (Wildman–Crippen MR) is 67.3 cm³/mol. The number of benzene rings is 1. The van der Waals surface area contributed by atoms with E-state index < -0.39 is 0 Å². The van der Waals surface area contributed by atoms with Gasteiger partial charge in [-0.15, -0.1) is 0 Å². The molecule has 84 valence electrons. The Morgan fingerprint density at radius 1 is 1.47 bits per heavy atom. The number of hydrogen-bond donors (Lipinski definition) is 1. The van der Waals surface area contributed by atoms with E-state index in [4.69, 9.17) is 4.74 Å². The maximum absolute atomic E-state index is 5.31. The molecule has 2 nitrogen and oxygen atoms in total. The summed E-state index contributed by atoms with van der Waals surface area (Å²) in [4.78, 5) is 0. The summed E-state index contributed by atoms with van der Waals surface area (Å²) in [6, 6.07) is 6.60. The van der Waals surface area contributed by atoms with Gasteiger partial charge in [-0.3, -0.25) is 0 Å². The fourth-order valence-electron chi connectivity index (χ4n) is 1.31. The van der Waals surface area contributed by atoms with Crippen LogP contribution in [0.1, 0.15) is 25.8 Å². The van der Waals surface area contributed by atoms with E-state index in [9.17, 15) is 0 Å². The van der Waals surface area contributed by atoms with Gasteiger partial charge in [-0.25, -0.2) is 0 Å². The van der Waals surface area contributed by atoms with Crippen molar-refractivity contribution < 1.29 is 4.74 Å². The molecule has 15 heavy (non-hydrogen) atoms. The lowest BCUT2D eigenvalue weighted by atomic mass is 10.2. The van der Waals surface area contributed by atoms with Crippen LogP contribution < -0.4 is 10.1 Å². The molecular formula is C12H18BrNO. The zero-order valence-electron chi connectivity index (χ0n) is 9.51. The van der Waals surface area contributed by atoms with Gasteiger partial charge in [0.2, 0.25) is 0 Å². The first-order valence-corrected chi connectivity index (χ1v) is 6.02. The van der Waals surface area contributed by atoms with E-state index in [-0.39, 0.29) is 0 Å². The third-order valence-electron chi connectivity index (χ3n) is 2.50. The molecule has 0 aromatic heterocycles. The van der Waals surface area contributed by atoms with Crippen LogP contribution in [0.4, 0.5) is 0 Å². The van der Waals surface area contributed by atoms with Gasteiger partial charge >= 0.3 is 0 Å². The molecule has 3 heteroatoms. The van der Waals surface area contributed by atoms with Crippen LogP contribution in [0.2, 0.25) is 0 Å². The first-order chi connectivity index (χ1) is 7.17. The second kappa shape index (κ2) is 6.13. The van der Waals surface area contributed by atoms with Gasteiger partial charge in [0.1, 0.15) is 5.75 Å². The number of rotatable bonds is 5. The first kappa shape index (κ1) is 12.5. The Morgan fingerprint density at radius 3 is 2.80 bits per heavy atom. The summed E-state index contributed by atoms with van der Waals surface area (Å²) in [5.41, 5.74) is 1.19. The van der Waals surface area contributed by atoms with E-state index in [2.05, 4.69) is 41.2 Å². The van der Waals surface area contributed by atoms with Crippen LogP contribution in [0.3, 0.4) is 0 Å². The molecule has 1 atom stereocenters. The Morgan fingerprint density at radius 2 is 2.20 bits per heavy atom. The molecule has 0 spiro atoms. The van der Waals surface area contributed by atoms with Crippen molar-refractivity contribution in [2.45, 2.75) is 32.9 Å². The Bertz CT molecular complexity index is 314. The summed E-state index contributed by atoms with van der Waals surface area (Å²) in [5, 5.41) is 3.45. The fourth-order valence-corrected chi connectivity index (χ4v) is 1.72. The Kier molecular flexibility index (Phi) is 5.12. The molecule has 0 saturated carbocycles. The van der Waals surface area contributed by atoms with Gasteiger partial charge < -0.3 is 10.1 Å². The molecule has 1 N–H and O–H groups in total. The van der Waals surface area contributed by atoms with Crippen molar-refractivity contribution in [3.8, 4) is 5.75 Å². The van der Waals surface area contributed by atoms with Crippen molar-refractivity contribution >= 4 is 15.9 Å². The highest BCUT2D eigenvalue weighted by Crippen LogP contribution is 2.22. The molecule has 1 rings (SSSR count). The van der Waals surface area contributed by atoms with Gasteiger partial charge in [0, 0.05) is 22.6 Å². The Labute approximate surface area is 100 Å². The SMILES string of the molecule is CCC(C)NCc1cc(Br)ccc1OC. The predicted octanol–water partition coefficient (Wildman–Crippen LogP) is 3.35. The molecule has 0 radical (unpaired) electrons. The molecule has 0 saturated heterocycles. The molecule has 0 amide bonds. The van der Waals surface area contributed by atoms with E-state index in [0.717, 1.165) is 23.2 Å². The molecule has 1 aromatic rings. The fraction of sp³-hybridized carbons (Fsp3) is 0.500. The highest BCUT2D eigenvalue weighted by molar-refractivity contribution is 9.10. The number of methoxy groups -OCH3 is 1. The van der Waals surface area contributed by atoms with Crippen LogP contribution in [0, 0.1) is 0 Å². The van der Waals surface area contributed by atoms with Crippen molar-refractivity contribution in [1.82, 2.24) is 5.32 Å². The third kappa shape index (κ3) is 3.84. The summed E-state index contributed by atoms with van der Waals surface area (Å²) in [7, 11) is 1.70. The summed E-state index contributed by atoms with van der Waals surface area (Å²) < 4.78 is 6.39. The van der Waals surface area contributed by atoms with Gasteiger partial charge in [-0.2, -0.15) is 0 Å². The topological polar surface area (TPSA) is 21.3 Å². The molecule has 0 aliphatic heterocycles. The summed E-state index contributed by atoms with van der Waals surface area (Å²) in [6.07, 6.45) is 1.14. The average molecular weight is 272 g/mol. The van der Waals surface area contributed by atoms with Crippen LogP contribution >= 0.6 is 15.9 Å². The maximum Gasteiger partial charge on any atom is 0.123 e. The summed E-state index contributed by atoms with van der Waals surface area (Å²) in [5.74, 6) is 0.939. The van der Waals surface area contributed by atoms with E-state index in [1.807, 2.05) is 12.1 Å². The Balaban J connectivity index is 2.69. The normalized spacial score (nSPS) is 12.5. The molecule has 0 aliphatic carbocycles. The third-order valence-corrected chi connectivity index (χ3v) is 2.99. The van der Waals surface area contributed by atoms with Crippen LogP contribution in [0.25, 0.3) is 0 Å².